The van der Waals surface area contributed by atoms with Gasteiger partial charge >= 0.3 is 11.9 Å². The van der Waals surface area contributed by atoms with Crippen molar-refractivity contribution in [3.8, 4) is 23.0 Å². The maximum absolute atomic E-state index is 13.9. The zero-order valence-electron chi connectivity index (χ0n) is 31.8. The molecular formula is C45H44N2O10. The highest BCUT2D eigenvalue weighted by Gasteiger charge is 2.58. The summed E-state index contributed by atoms with van der Waals surface area (Å²) in [5.74, 6) is 1.03. The Kier molecular flexibility index (Phi) is 12.6. The van der Waals surface area contributed by atoms with Gasteiger partial charge in [-0.05, 0) is 53.1 Å². The number of esters is 2. The lowest BCUT2D eigenvalue weighted by atomic mass is 9.65. The van der Waals surface area contributed by atoms with Crippen LogP contribution in [0.25, 0.3) is 0 Å². The molecule has 4 aromatic carbocycles. The number of carbonyl (C=O) groups excluding carboxylic acids is 2. The number of rotatable bonds is 6. The summed E-state index contributed by atoms with van der Waals surface area (Å²) in [6, 6.07) is 31.8. The van der Waals surface area contributed by atoms with Crippen molar-refractivity contribution in [2.75, 3.05) is 67.1 Å². The predicted molar refractivity (Wildman–Crippen MR) is 212 cm³/mol. The van der Waals surface area contributed by atoms with E-state index < -0.39 is 23.4 Å². The maximum Gasteiger partial charge on any atom is 0.355 e. The molecule has 12 heteroatoms. The molecule has 3 aliphatic heterocycles. The first kappa shape index (κ1) is 38.9. The Morgan fingerprint density at radius 1 is 0.649 bits per heavy atom. The van der Waals surface area contributed by atoms with Crippen molar-refractivity contribution in [2.24, 2.45) is 4.99 Å². The van der Waals surface area contributed by atoms with E-state index in [1.807, 2.05) is 115 Å². The lowest BCUT2D eigenvalue weighted by Gasteiger charge is -2.40. The molecule has 0 saturated heterocycles. The second-order valence-electron chi connectivity index (χ2n) is 13.0. The number of fused-ring (bicyclic) bond motifs is 3. The van der Waals surface area contributed by atoms with Crippen LogP contribution in [0.2, 0.25) is 0 Å². The van der Waals surface area contributed by atoms with E-state index in [2.05, 4.69) is 0 Å². The van der Waals surface area contributed by atoms with Crippen LogP contribution < -0.4 is 18.9 Å². The maximum atomic E-state index is 13.9. The summed E-state index contributed by atoms with van der Waals surface area (Å²) >= 11 is 0. The SMILES string of the molecule is COC(=O)C1=C(C(=O)OC)C(c2ccccc2)(c2ccccc2)C2C=CC(N=Cc3ccc4c(c3)OCCOCCOc3ccccc3OCCOCCO4)=CN12. The van der Waals surface area contributed by atoms with Crippen LogP contribution in [-0.4, -0.2) is 96.2 Å². The van der Waals surface area contributed by atoms with Crippen LogP contribution in [0, 0.1) is 0 Å². The fraction of sp³-hybridized carbons (Fsp3) is 0.267. The van der Waals surface area contributed by atoms with Gasteiger partial charge in [0.2, 0.25) is 0 Å². The quantitative estimate of drug-likeness (QED) is 0.168. The van der Waals surface area contributed by atoms with E-state index in [0.29, 0.717) is 74.9 Å². The summed E-state index contributed by atoms with van der Waals surface area (Å²) in [5, 5.41) is 0. The molecular weight excluding hydrogens is 728 g/mol. The average molecular weight is 773 g/mol. The molecule has 4 aromatic rings. The van der Waals surface area contributed by atoms with Crippen LogP contribution in [0.3, 0.4) is 0 Å². The third kappa shape index (κ3) is 8.42. The van der Waals surface area contributed by atoms with Gasteiger partial charge in [0.15, 0.2) is 23.0 Å². The summed E-state index contributed by atoms with van der Waals surface area (Å²) in [4.78, 5) is 34.1. The fourth-order valence-corrected chi connectivity index (χ4v) is 7.23. The van der Waals surface area contributed by atoms with Gasteiger partial charge in [-0.1, -0.05) is 78.9 Å². The zero-order valence-corrected chi connectivity index (χ0v) is 31.8. The number of aliphatic imine (C=N–C) groups is 1. The molecule has 0 amide bonds. The molecule has 294 valence electrons. The second kappa shape index (κ2) is 18.5. The number of allylic oxidation sites excluding steroid dienone is 1. The van der Waals surface area contributed by atoms with Crippen molar-refractivity contribution in [3.05, 3.63) is 155 Å². The molecule has 57 heavy (non-hydrogen) atoms. The monoisotopic (exact) mass is 772 g/mol. The molecule has 0 fully saturated rings. The van der Waals surface area contributed by atoms with E-state index in [9.17, 15) is 9.59 Å². The van der Waals surface area contributed by atoms with E-state index in [1.54, 1.807) is 17.3 Å². The van der Waals surface area contributed by atoms with Crippen molar-refractivity contribution in [2.45, 2.75) is 11.5 Å². The van der Waals surface area contributed by atoms with Crippen molar-refractivity contribution in [1.82, 2.24) is 4.90 Å². The minimum Gasteiger partial charge on any atom is -0.487 e. The number of methoxy groups -OCH3 is 2. The molecule has 3 aliphatic rings. The first-order chi connectivity index (χ1) is 28.0. The zero-order chi connectivity index (χ0) is 39.5. The smallest absolute Gasteiger partial charge is 0.355 e. The Labute approximate surface area is 331 Å². The highest BCUT2D eigenvalue weighted by atomic mass is 16.6. The standard InChI is InChI=1S/C45H44N2O10/c1-50-43(48)41-42(44(49)51-2)47-31-35(18-20-40(47)45(41,33-11-5-3-6-12-33)34-13-7-4-8-14-34)46-30-32-17-19-38-39(29-32)57-28-24-53-22-26-55-37-16-10-9-15-36(37)54-25-21-52-23-27-56-38/h3-20,29-31,40H,21-28H2,1-2H3. The third-order valence-corrected chi connectivity index (χ3v) is 9.70. The first-order valence-corrected chi connectivity index (χ1v) is 18.7. The molecule has 0 aliphatic carbocycles. The van der Waals surface area contributed by atoms with E-state index in [-0.39, 0.29) is 17.9 Å². The molecule has 0 radical (unpaired) electrons. The highest BCUT2D eigenvalue weighted by Crippen LogP contribution is 2.53. The van der Waals surface area contributed by atoms with E-state index in [4.69, 9.17) is 42.9 Å². The van der Waals surface area contributed by atoms with Crippen LogP contribution in [0.5, 0.6) is 23.0 Å². The van der Waals surface area contributed by atoms with Crippen LogP contribution in [0.1, 0.15) is 16.7 Å². The number of benzene rings is 4. The summed E-state index contributed by atoms with van der Waals surface area (Å²) in [5.41, 5.74) is 2.01. The molecule has 1 unspecified atom stereocenters. The molecule has 0 bridgehead atoms. The molecule has 0 saturated carbocycles. The fourth-order valence-electron chi connectivity index (χ4n) is 7.23. The lowest BCUT2D eigenvalue weighted by Crippen LogP contribution is -2.45. The topological polar surface area (TPSA) is 124 Å². The number of hydrogen-bond donors (Lipinski definition) is 0. The summed E-state index contributed by atoms with van der Waals surface area (Å²) in [7, 11) is 2.60. The van der Waals surface area contributed by atoms with Crippen LogP contribution in [-0.2, 0) is 34.0 Å². The van der Waals surface area contributed by atoms with Crippen LogP contribution in [0.15, 0.2) is 143 Å². The largest absolute Gasteiger partial charge is 0.487 e. The minimum absolute atomic E-state index is 0.0727. The minimum atomic E-state index is -1.13. The summed E-state index contributed by atoms with van der Waals surface area (Å²) in [6.45, 7) is 2.69. The summed E-state index contributed by atoms with van der Waals surface area (Å²) < 4.78 is 46.1. The van der Waals surface area contributed by atoms with E-state index in [1.165, 1.54) is 14.2 Å². The van der Waals surface area contributed by atoms with Gasteiger partial charge < -0.3 is 42.8 Å². The Balaban J connectivity index is 1.14. The van der Waals surface area contributed by atoms with Gasteiger partial charge in [-0.25, -0.2) is 9.59 Å². The Morgan fingerprint density at radius 2 is 1.16 bits per heavy atom. The molecule has 7 rings (SSSR count). The number of hydrogen-bond acceptors (Lipinski definition) is 12. The molecule has 0 aromatic heterocycles. The number of ether oxygens (including phenoxy) is 8. The van der Waals surface area contributed by atoms with Crippen molar-refractivity contribution in [1.29, 1.82) is 0 Å². The van der Waals surface area contributed by atoms with Crippen molar-refractivity contribution in [3.63, 3.8) is 0 Å². The predicted octanol–water partition coefficient (Wildman–Crippen LogP) is 6.05. The molecule has 0 spiro atoms. The van der Waals surface area contributed by atoms with Gasteiger partial charge in [0.25, 0.3) is 0 Å². The van der Waals surface area contributed by atoms with Gasteiger partial charge in [0.1, 0.15) is 32.1 Å². The Morgan fingerprint density at radius 3 is 1.70 bits per heavy atom. The molecule has 1 atom stereocenters. The lowest BCUT2D eigenvalue weighted by molar-refractivity contribution is -0.140. The van der Waals surface area contributed by atoms with Crippen molar-refractivity contribution >= 4 is 18.2 Å². The highest BCUT2D eigenvalue weighted by molar-refractivity contribution is 6.05. The Bertz CT molecular complexity index is 2110. The van der Waals surface area contributed by atoms with Crippen LogP contribution in [0.4, 0.5) is 0 Å². The molecule has 3 heterocycles. The van der Waals surface area contributed by atoms with Crippen LogP contribution >= 0.6 is 0 Å². The van der Waals surface area contributed by atoms with Gasteiger partial charge in [0, 0.05) is 12.4 Å². The van der Waals surface area contributed by atoms with Gasteiger partial charge in [-0.2, -0.15) is 0 Å². The van der Waals surface area contributed by atoms with Gasteiger partial charge in [-0.3, -0.25) is 4.99 Å². The number of carbonyl (C=O) groups is 2. The molecule has 12 nitrogen and oxygen atoms in total. The van der Waals surface area contributed by atoms with E-state index >= 15 is 0 Å². The average Bonchev–Trinajstić information content (AvgIpc) is 3.57. The number of para-hydroxylation sites is 2. The Hall–Kier alpha value is -6.37. The third-order valence-electron chi connectivity index (χ3n) is 9.70. The van der Waals surface area contributed by atoms with Gasteiger partial charge in [0.05, 0.1) is 63.4 Å². The first-order valence-electron chi connectivity index (χ1n) is 18.7. The normalized spacial score (nSPS) is 18.5. The second-order valence-corrected chi connectivity index (χ2v) is 13.0. The number of nitrogens with zero attached hydrogens (tertiary/aromatic N) is 2. The van der Waals surface area contributed by atoms with Gasteiger partial charge in [-0.15, -0.1) is 0 Å². The van der Waals surface area contributed by atoms with E-state index in [0.717, 1.165) is 16.7 Å². The molecule has 0 N–H and O–H groups in total. The summed E-state index contributed by atoms with van der Waals surface area (Å²) in [6.07, 6.45) is 7.29. The van der Waals surface area contributed by atoms with Crippen molar-refractivity contribution < 1.29 is 47.5 Å².